The molecule has 0 N–H and O–H groups in total. The van der Waals surface area contributed by atoms with Crippen molar-refractivity contribution in [1.82, 2.24) is 4.90 Å². The summed E-state index contributed by atoms with van der Waals surface area (Å²) in [5.41, 5.74) is 0.490. The summed E-state index contributed by atoms with van der Waals surface area (Å²) in [6.45, 7) is 11.0. The van der Waals surface area contributed by atoms with Gasteiger partial charge >= 0.3 is 0 Å². The highest BCUT2D eigenvalue weighted by Crippen LogP contribution is 2.39. The molecule has 2 fully saturated rings. The molecule has 0 radical (unpaired) electrons. The van der Waals surface area contributed by atoms with E-state index in [1.807, 2.05) is 0 Å². The SMILES string of the molecule is CC(C1CC1)N1CCCC[C@H]1CC(C)(C)C. The third-order valence-electron chi connectivity index (χ3n) is 4.35. The molecule has 1 nitrogen and oxygen atoms in total. The lowest BCUT2D eigenvalue weighted by molar-refractivity contribution is 0.0648. The van der Waals surface area contributed by atoms with Crippen LogP contribution in [0.4, 0.5) is 0 Å². The first-order valence-electron chi connectivity index (χ1n) is 7.23. The number of nitrogens with zero attached hydrogens (tertiary/aromatic N) is 1. The van der Waals surface area contributed by atoms with E-state index in [1.165, 1.54) is 45.1 Å². The van der Waals surface area contributed by atoms with Gasteiger partial charge in [-0.3, -0.25) is 4.90 Å². The second-order valence-corrected chi connectivity index (χ2v) is 7.23. The average molecular weight is 223 g/mol. The van der Waals surface area contributed by atoms with Crippen LogP contribution >= 0.6 is 0 Å². The van der Waals surface area contributed by atoms with Crippen LogP contribution in [0, 0.1) is 11.3 Å². The predicted octanol–water partition coefficient (Wildman–Crippen LogP) is 4.08. The van der Waals surface area contributed by atoms with Gasteiger partial charge in [-0.2, -0.15) is 0 Å². The van der Waals surface area contributed by atoms with Crippen molar-refractivity contribution >= 4 is 0 Å². The second-order valence-electron chi connectivity index (χ2n) is 7.23. The van der Waals surface area contributed by atoms with Crippen molar-refractivity contribution in [1.29, 1.82) is 0 Å². The summed E-state index contributed by atoms with van der Waals surface area (Å²) >= 11 is 0. The van der Waals surface area contributed by atoms with Crippen molar-refractivity contribution in [2.45, 2.75) is 78.3 Å². The molecule has 2 rings (SSSR count). The summed E-state index contributed by atoms with van der Waals surface area (Å²) < 4.78 is 0. The lowest BCUT2D eigenvalue weighted by Crippen LogP contribution is -2.47. The third kappa shape index (κ3) is 3.23. The Kier molecular flexibility index (Phi) is 3.63. The molecule has 0 amide bonds. The molecule has 0 bridgehead atoms. The van der Waals surface area contributed by atoms with Crippen molar-refractivity contribution in [3.8, 4) is 0 Å². The average Bonchev–Trinajstić information content (AvgIpc) is 2.98. The standard InChI is InChI=1S/C15H29N/c1-12(13-8-9-13)16-10-6-5-7-14(16)11-15(2,3)4/h12-14H,5-11H2,1-4H3/t12?,14-/m0/s1. The second kappa shape index (κ2) is 4.68. The van der Waals surface area contributed by atoms with Crippen LogP contribution in [0.1, 0.15) is 66.2 Å². The summed E-state index contributed by atoms with van der Waals surface area (Å²) in [5, 5.41) is 0. The van der Waals surface area contributed by atoms with Gasteiger partial charge in [-0.15, -0.1) is 0 Å². The molecule has 0 aromatic heterocycles. The van der Waals surface area contributed by atoms with E-state index in [1.54, 1.807) is 0 Å². The number of rotatable bonds is 3. The summed E-state index contributed by atoms with van der Waals surface area (Å²) in [4.78, 5) is 2.84. The topological polar surface area (TPSA) is 3.24 Å². The predicted molar refractivity (Wildman–Crippen MR) is 70.6 cm³/mol. The van der Waals surface area contributed by atoms with Gasteiger partial charge in [-0.25, -0.2) is 0 Å². The number of likely N-dealkylation sites (tertiary alicyclic amines) is 1. The first-order chi connectivity index (χ1) is 7.47. The normalized spacial score (nSPS) is 30.4. The maximum atomic E-state index is 2.84. The van der Waals surface area contributed by atoms with E-state index in [2.05, 4.69) is 32.6 Å². The molecular weight excluding hydrogens is 194 g/mol. The molecule has 2 aliphatic rings. The Morgan fingerprint density at radius 2 is 1.81 bits per heavy atom. The Bertz CT molecular complexity index is 224. The van der Waals surface area contributed by atoms with Gasteiger partial charge in [0.15, 0.2) is 0 Å². The molecule has 94 valence electrons. The zero-order valence-electron chi connectivity index (χ0n) is 11.6. The summed E-state index contributed by atoms with van der Waals surface area (Å²) in [6.07, 6.45) is 8.67. The molecule has 16 heavy (non-hydrogen) atoms. The minimum Gasteiger partial charge on any atom is -0.297 e. The molecule has 1 aliphatic heterocycles. The molecule has 0 aromatic carbocycles. The quantitative estimate of drug-likeness (QED) is 0.697. The molecule has 1 heterocycles. The minimum atomic E-state index is 0.490. The van der Waals surface area contributed by atoms with Crippen LogP contribution in [0.5, 0.6) is 0 Å². The molecular formula is C15H29N. The van der Waals surface area contributed by atoms with Crippen LogP contribution in [0.25, 0.3) is 0 Å². The van der Waals surface area contributed by atoms with Crippen LogP contribution in [0.2, 0.25) is 0 Å². The highest BCUT2D eigenvalue weighted by Gasteiger charge is 2.37. The fourth-order valence-corrected chi connectivity index (χ4v) is 3.33. The summed E-state index contributed by atoms with van der Waals surface area (Å²) in [6, 6.07) is 1.72. The van der Waals surface area contributed by atoms with Crippen molar-refractivity contribution < 1.29 is 0 Å². The van der Waals surface area contributed by atoms with Crippen LogP contribution in [0.15, 0.2) is 0 Å². The van der Waals surface area contributed by atoms with Gasteiger partial charge < -0.3 is 0 Å². The highest BCUT2D eigenvalue weighted by molar-refractivity contribution is 4.91. The fourth-order valence-electron chi connectivity index (χ4n) is 3.33. The molecule has 1 unspecified atom stereocenters. The smallest absolute Gasteiger partial charge is 0.0103 e. The molecule has 2 atom stereocenters. The maximum absolute atomic E-state index is 2.84. The molecule has 1 aliphatic carbocycles. The third-order valence-corrected chi connectivity index (χ3v) is 4.35. The van der Waals surface area contributed by atoms with E-state index in [9.17, 15) is 0 Å². The zero-order chi connectivity index (χ0) is 11.8. The van der Waals surface area contributed by atoms with Gasteiger partial charge in [0.05, 0.1) is 0 Å². The summed E-state index contributed by atoms with van der Waals surface area (Å²) in [5.74, 6) is 1.03. The van der Waals surface area contributed by atoms with Gasteiger partial charge in [0, 0.05) is 12.1 Å². The van der Waals surface area contributed by atoms with Gasteiger partial charge in [-0.05, 0) is 56.9 Å². The monoisotopic (exact) mass is 223 g/mol. The van der Waals surface area contributed by atoms with Gasteiger partial charge in [0.2, 0.25) is 0 Å². The minimum absolute atomic E-state index is 0.490. The molecule has 0 spiro atoms. The molecule has 1 heteroatoms. The van der Waals surface area contributed by atoms with Gasteiger partial charge in [0.25, 0.3) is 0 Å². The first kappa shape index (κ1) is 12.4. The van der Waals surface area contributed by atoms with E-state index in [-0.39, 0.29) is 0 Å². The Morgan fingerprint density at radius 1 is 1.12 bits per heavy atom. The van der Waals surface area contributed by atoms with E-state index >= 15 is 0 Å². The Labute approximate surface area is 102 Å². The van der Waals surface area contributed by atoms with E-state index in [0.29, 0.717) is 5.41 Å². The number of hydrogen-bond donors (Lipinski definition) is 0. The Balaban J connectivity index is 1.95. The van der Waals surface area contributed by atoms with Crippen molar-refractivity contribution in [2.75, 3.05) is 6.54 Å². The number of hydrogen-bond acceptors (Lipinski definition) is 1. The fraction of sp³-hybridized carbons (Fsp3) is 1.00. The number of piperidine rings is 1. The first-order valence-corrected chi connectivity index (χ1v) is 7.23. The molecule has 0 aromatic rings. The summed E-state index contributed by atoms with van der Waals surface area (Å²) in [7, 11) is 0. The molecule has 1 saturated carbocycles. The van der Waals surface area contributed by atoms with Crippen LogP contribution in [-0.4, -0.2) is 23.5 Å². The lowest BCUT2D eigenvalue weighted by Gasteiger charge is -2.42. The van der Waals surface area contributed by atoms with Crippen molar-refractivity contribution in [3.63, 3.8) is 0 Å². The Morgan fingerprint density at radius 3 is 2.38 bits per heavy atom. The highest BCUT2D eigenvalue weighted by atomic mass is 15.2. The van der Waals surface area contributed by atoms with Crippen molar-refractivity contribution in [3.05, 3.63) is 0 Å². The van der Waals surface area contributed by atoms with Crippen molar-refractivity contribution in [2.24, 2.45) is 11.3 Å². The van der Waals surface area contributed by atoms with Crippen LogP contribution < -0.4 is 0 Å². The largest absolute Gasteiger partial charge is 0.297 e. The van der Waals surface area contributed by atoms with E-state index in [0.717, 1.165) is 18.0 Å². The molecule has 1 saturated heterocycles. The maximum Gasteiger partial charge on any atom is 0.0103 e. The van der Waals surface area contributed by atoms with Gasteiger partial charge in [0.1, 0.15) is 0 Å². The van der Waals surface area contributed by atoms with Crippen LogP contribution in [0.3, 0.4) is 0 Å². The van der Waals surface area contributed by atoms with E-state index in [4.69, 9.17) is 0 Å². The zero-order valence-corrected chi connectivity index (χ0v) is 11.6. The lowest BCUT2D eigenvalue weighted by atomic mass is 9.83. The van der Waals surface area contributed by atoms with Gasteiger partial charge in [-0.1, -0.05) is 27.2 Å². The van der Waals surface area contributed by atoms with Crippen LogP contribution in [-0.2, 0) is 0 Å². The Hall–Kier alpha value is -0.0400. The van der Waals surface area contributed by atoms with E-state index < -0.39 is 0 Å².